The highest BCUT2D eigenvalue weighted by Crippen LogP contribution is 2.40. The van der Waals surface area contributed by atoms with E-state index in [1.807, 2.05) is 30.3 Å². The molecule has 1 aromatic carbocycles. The highest BCUT2D eigenvalue weighted by Gasteiger charge is 2.57. The number of carbonyl (C=O) groups excluding carboxylic acids is 2. The van der Waals surface area contributed by atoms with Gasteiger partial charge < -0.3 is 28.3 Å². The first-order valence-corrected chi connectivity index (χ1v) is 16.8. The standard InChI is InChI=1S/C30H39N5O7P2/c1-28(2,3)42-27(37)35-20(15-39-29(35,4)5)24-25(41-30(6,7)40-24)23(36)19-13-34(17-38-14-18-11-9-8-10-12-18)22-21(19)31-16-32-26(22)33-44-43/h8-13,16,20,24-25H,14-15,17,43H2,1-7H3/t20-,24-,25?/m1/s1. The Morgan fingerprint density at radius 1 is 1.14 bits per heavy atom. The number of nitrogens with zero attached hydrogens (tertiary/aromatic N) is 5. The molecule has 4 atom stereocenters. The maximum Gasteiger partial charge on any atom is 0.412 e. The summed E-state index contributed by atoms with van der Waals surface area (Å²) in [6.07, 6.45) is 0.589. The van der Waals surface area contributed by atoms with Crippen molar-refractivity contribution in [2.45, 2.75) is 97.2 Å². The Balaban J connectivity index is 1.50. The van der Waals surface area contributed by atoms with E-state index in [2.05, 4.69) is 23.6 Å². The molecule has 0 saturated carbocycles. The Labute approximate surface area is 260 Å². The normalized spacial score (nSPS) is 23.1. The van der Waals surface area contributed by atoms with Crippen LogP contribution in [0.15, 0.2) is 47.6 Å². The summed E-state index contributed by atoms with van der Waals surface area (Å²) in [6.45, 7) is 13.1. The number of hydrogen-bond donors (Lipinski definition) is 0. The van der Waals surface area contributed by atoms with Gasteiger partial charge in [-0.3, -0.25) is 9.69 Å². The van der Waals surface area contributed by atoms with Crippen molar-refractivity contribution in [1.29, 1.82) is 0 Å². The van der Waals surface area contributed by atoms with Crippen LogP contribution in [0.3, 0.4) is 0 Å². The first-order chi connectivity index (χ1) is 20.7. The van der Waals surface area contributed by atoms with Crippen molar-refractivity contribution in [3.63, 3.8) is 0 Å². The third-order valence-corrected chi connectivity index (χ3v) is 7.92. The van der Waals surface area contributed by atoms with Crippen LogP contribution in [0.4, 0.5) is 10.6 Å². The van der Waals surface area contributed by atoms with Gasteiger partial charge in [0.15, 0.2) is 23.5 Å². The molecular formula is C30H39N5O7P2. The van der Waals surface area contributed by atoms with Gasteiger partial charge >= 0.3 is 6.09 Å². The number of fused-ring (bicyclic) bond motifs is 1. The van der Waals surface area contributed by atoms with Gasteiger partial charge in [-0.15, -0.1) is 0 Å². The first-order valence-electron chi connectivity index (χ1n) is 14.3. The summed E-state index contributed by atoms with van der Waals surface area (Å²) in [5, 5.41) is 0. The monoisotopic (exact) mass is 643 g/mol. The molecule has 236 valence electrons. The highest BCUT2D eigenvalue weighted by molar-refractivity contribution is 7.97. The molecular weight excluding hydrogens is 604 g/mol. The van der Waals surface area contributed by atoms with Crippen LogP contribution in [-0.4, -0.2) is 73.3 Å². The van der Waals surface area contributed by atoms with Crippen LogP contribution >= 0.6 is 17.0 Å². The minimum Gasteiger partial charge on any atom is -0.444 e. The molecule has 2 fully saturated rings. The Bertz CT molecular complexity index is 1550. The minimum atomic E-state index is -1.11. The predicted molar refractivity (Wildman–Crippen MR) is 168 cm³/mol. The van der Waals surface area contributed by atoms with Crippen molar-refractivity contribution in [3.05, 3.63) is 54.0 Å². The second-order valence-electron chi connectivity index (χ2n) is 12.6. The topological polar surface area (TPSA) is 127 Å². The lowest BCUT2D eigenvalue weighted by atomic mass is 9.97. The van der Waals surface area contributed by atoms with Gasteiger partial charge in [0.1, 0.15) is 41.5 Å². The zero-order valence-corrected chi connectivity index (χ0v) is 28.1. The summed E-state index contributed by atoms with van der Waals surface area (Å²) in [5.41, 5.74) is 0.576. The van der Waals surface area contributed by atoms with Crippen LogP contribution in [0.5, 0.6) is 0 Å². The van der Waals surface area contributed by atoms with Gasteiger partial charge in [-0.1, -0.05) is 39.3 Å². The summed E-state index contributed by atoms with van der Waals surface area (Å²) in [7, 11) is 3.19. The number of rotatable bonds is 8. The van der Waals surface area contributed by atoms with Crippen molar-refractivity contribution >= 4 is 45.7 Å². The van der Waals surface area contributed by atoms with Crippen molar-refractivity contribution in [3.8, 4) is 0 Å². The molecule has 0 aliphatic carbocycles. The lowest BCUT2D eigenvalue weighted by Gasteiger charge is -2.37. The molecule has 12 nitrogen and oxygen atoms in total. The van der Waals surface area contributed by atoms with Gasteiger partial charge in [0.2, 0.25) is 0 Å². The van der Waals surface area contributed by atoms with Crippen molar-refractivity contribution in [2.24, 2.45) is 4.74 Å². The maximum absolute atomic E-state index is 14.4. The van der Waals surface area contributed by atoms with Crippen LogP contribution in [-0.2, 0) is 37.0 Å². The summed E-state index contributed by atoms with van der Waals surface area (Å²) >= 11 is 0. The summed E-state index contributed by atoms with van der Waals surface area (Å²) in [6, 6.07) is 9.15. The average Bonchev–Trinajstić information content (AvgIpc) is 3.58. The number of carbonyl (C=O) groups is 2. The molecule has 4 heterocycles. The lowest BCUT2D eigenvalue weighted by molar-refractivity contribution is -0.149. The number of aromatic nitrogens is 3. The van der Waals surface area contributed by atoms with Gasteiger partial charge in [0, 0.05) is 14.3 Å². The smallest absolute Gasteiger partial charge is 0.412 e. The van der Waals surface area contributed by atoms with E-state index in [-0.39, 0.29) is 19.1 Å². The molecule has 2 aliphatic rings. The van der Waals surface area contributed by atoms with Gasteiger partial charge in [0.05, 0.1) is 24.8 Å². The first kappa shape index (κ1) is 32.5. The summed E-state index contributed by atoms with van der Waals surface area (Å²) in [5.74, 6) is -1.03. The van der Waals surface area contributed by atoms with Crippen LogP contribution in [0.25, 0.3) is 11.0 Å². The summed E-state index contributed by atoms with van der Waals surface area (Å²) < 4.78 is 36.6. The molecule has 0 spiro atoms. The number of Topliss-reactive ketones (excluding diaryl/α,β-unsaturated/α-hetero) is 1. The SMILES string of the molecule is CC(C)(C)OC(=O)N1[C@@H]([C@H]2OC(C)(C)OC2C(=O)c2cn(COCc3ccccc3)c3c(N=PP)ncnc23)COC1(C)C. The Kier molecular flexibility index (Phi) is 9.25. The van der Waals surface area contributed by atoms with E-state index in [1.165, 1.54) is 11.2 Å². The molecule has 0 N–H and O–H groups in total. The van der Waals surface area contributed by atoms with Crippen molar-refractivity contribution in [2.75, 3.05) is 6.61 Å². The van der Waals surface area contributed by atoms with E-state index in [0.717, 1.165) is 5.56 Å². The Morgan fingerprint density at radius 3 is 2.55 bits per heavy atom. The van der Waals surface area contributed by atoms with Crippen LogP contribution in [0, 0.1) is 0 Å². The number of ether oxygens (including phenoxy) is 5. The maximum atomic E-state index is 14.4. The zero-order valence-electron chi connectivity index (χ0n) is 26.0. The zero-order chi connectivity index (χ0) is 31.9. The minimum absolute atomic E-state index is 0.133. The Hall–Kier alpha value is -2.85. The molecule has 2 aromatic heterocycles. The fourth-order valence-corrected chi connectivity index (χ4v) is 6.11. The fourth-order valence-electron chi connectivity index (χ4n) is 5.53. The van der Waals surface area contributed by atoms with E-state index in [1.54, 1.807) is 59.2 Å². The third-order valence-electron chi connectivity index (χ3n) is 7.27. The largest absolute Gasteiger partial charge is 0.444 e. The number of amides is 1. The second kappa shape index (κ2) is 12.5. The molecule has 1 amide bonds. The molecule has 2 unspecified atom stereocenters. The molecule has 14 heteroatoms. The second-order valence-corrected chi connectivity index (χ2v) is 13.8. The molecule has 0 bridgehead atoms. The van der Waals surface area contributed by atoms with E-state index in [4.69, 9.17) is 23.7 Å². The molecule has 3 aromatic rings. The fraction of sp³-hybridized carbons (Fsp3) is 0.533. The molecule has 5 rings (SSSR count). The quantitative estimate of drug-likeness (QED) is 0.207. The Morgan fingerprint density at radius 2 is 1.86 bits per heavy atom. The number of hydrogen-bond acceptors (Lipinski definition) is 10. The van der Waals surface area contributed by atoms with Crippen LogP contribution < -0.4 is 0 Å². The predicted octanol–water partition coefficient (Wildman–Crippen LogP) is 6.23. The van der Waals surface area contributed by atoms with E-state index < -0.39 is 41.5 Å². The number of ketones is 1. The number of benzene rings is 1. The molecule has 0 radical (unpaired) electrons. The van der Waals surface area contributed by atoms with E-state index in [0.29, 0.717) is 37.1 Å². The van der Waals surface area contributed by atoms with Gasteiger partial charge in [-0.25, -0.2) is 19.5 Å². The molecule has 2 saturated heterocycles. The van der Waals surface area contributed by atoms with Crippen LogP contribution in [0.1, 0.15) is 64.4 Å². The average molecular weight is 644 g/mol. The van der Waals surface area contributed by atoms with Crippen LogP contribution in [0.2, 0.25) is 0 Å². The highest BCUT2D eigenvalue weighted by atomic mass is 32.0. The molecule has 2 aliphatic heterocycles. The van der Waals surface area contributed by atoms with Crippen molar-refractivity contribution < 1.29 is 33.3 Å². The third kappa shape index (κ3) is 6.86. The van der Waals surface area contributed by atoms with Gasteiger partial charge in [0.25, 0.3) is 0 Å². The lowest BCUT2D eigenvalue weighted by Crippen LogP contribution is -2.56. The summed E-state index contributed by atoms with van der Waals surface area (Å²) in [4.78, 5) is 38.2. The van der Waals surface area contributed by atoms with Gasteiger partial charge in [-0.2, -0.15) is 0 Å². The van der Waals surface area contributed by atoms with E-state index in [9.17, 15) is 9.59 Å². The van der Waals surface area contributed by atoms with Crippen molar-refractivity contribution in [1.82, 2.24) is 19.4 Å². The molecule has 44 heavy (non-hydrogen) atoms. The van der Waals surface area contributed by atoms with Gasteiger partial charge in [-0.05, 0) is 54.0 Å². The van der Waals surface area contributed by atoms with E-state index >= 15 is 0 Å².